The van der Waals surface area contributed by atoms with Gasteiger partial charge in [0, 0.05) is 19.0 Å². The van der Waals surface area contributed by atoms with Crippen LogP contribution in [0.4, 0.5) is 0 Å². The van der Waals surface area contributed by atoms with Gasteiger partial charge in [0.05, 0.1) is 23.8 Å². The number of benzene rings is 2. The van der Waals surface area contributed by atoms with E-state index >= 15 is 0 Å². The third-order valence-electron chi connectivity index (χ3n) is 3.87. The highest BCUT2D eigenvalue weighted by Gasteiger charge is 2.13. The van der Waals surface area contributed by atoms with Crippen LogP contribution in [0.1, 0.15) is 16.1 Å². The van der Waals surface area contributed by atoms with Crippen LogP contribution in [0.15, 0.2) is 54.6 Å². The first-order chi connectivity index (χ1) is 11.7. The maximum atomic E-state index is 11.4. The number of aromatic carboxylic acids is 1. The monoisotopic (exact) mass is 324 g/mol. The molecule has 124 valence electrons. The average Bonchev–Trinajstić information content (AvgIpc) is 2.98. The van der Waals surface area contributed by atoms with Crippen molar-refractivity contribution in [3.8, 4) is 5.75 Å². The predicted molar refractivity (Wildman–Crippen MR) is 88.9 cm³/mol. The topological polar surface area (TPSA) is 63.5 Å². The Hall–Kier alpha value is -2.79. The summed E-state index contributed by atoms with van der Waals surface area (Å²) in [4.78, 5) is 11.4. The molecule has 0 radical (unpaired) electrons. The lowest BCUT2D eigenvalue weighted by molar-refractivity contribution is -0.255. The van der Waals surface area contributed by atoms with Crippen molar-refractivity contribution in [1.29, 1.82) is 0 Å². The molecule has 3 aromatic rings. The Morgan fingerprint density at radius 2 is 1.92 bits per heavy atom. The zero-order valence-corrected chi connectivity index (χ0v) is 13.4. The summed E-state index contributed by atoms with van der Waals surface area (Å²) in [6.45, 7) is 1.27. The summed E-state index contributed by atoms with van der Waals surface area (Å²) in [7, 11) is 1.58. The molecule has 3 rings (SSSR count). The van der Waals surface area contributed by atoms with E-state index in [0.717, 1.165) is 16.5 Å². The van der Waals surface area contributed by atoms with E-state index in [1.807, 2.05) is 48.5 Å². The van der Waals surface area contributed by atoms with E-state index in [1.54, 1.807) is 17.7 Å². The summed E-state index contributed by atoms with van der Waals surface area (Å²) < 4.78 is 12.7. The number of hydrogen-bond acceptors (Lipinski definition) is 4. The minimum absolute atomic E-state index is 0.123. The van der Waals surface area contributed by atoms with Gasteiger partial charge in [0.2, 0.25) is 0 Å². The number of carboxylic acids is 1. The van der Waals surface area contributed by atoms with Crippen LogP contribution in [-0.4, -0.2) is 24.3 Å². The summed E-state index contributed by atoms with van der Waals surface area (Å²) in [5.74, 6) is -0.564. The maximum Gasteiger partial charge on any atom is 0.129 e. The van der Waals surface area contributed by atoms with Gasteiger partial charge in [0.1, 0.15) is 12.4 Å². The Labute approximate surface area is 140 Å². The SMILES string of the molecule is COCCn1c(C(=O)[O-])cc2c(OCc3ccccc3)cccc21. The quantitative estimate of drug-likeness (QED) is 0.668. The third kappa shape index (κ3) is 3.26. The smallest absolute Gasteiger partial charge is 0.129 e. The number of carboxylic acid groups (broad SMARTS) is 1. The van der Waals surface area contributed by atoms with Crippen LogP contribution in [0.2, 0.25) is 0 Å². The summed E-state index contributed by atoms with van der Waals surface area (Å²) in [6, 6.07) is 17.0. The van der Waals surface area contributed by atoms with Crippen molar-refractivity contribution in [2.45, 2.75) is 13.2 Å². The van der Waals surface area contributed by atoms with Gasteiger partial charge in [-0.05, 0) is 23.8 Å². The molecule has 2 aromatic carbocycles. The third-order valence-corrected chi connectivity index (χ3v) is 3.87. The standard InChI is InChI=1S/C19H19NO4/c1-23-11-10-20-16-8-5-9-18(15(16)12-17(20)19(21)22)24-13-14-6-3-2-4-7-14/h2-9,12H,10-11,13H2,1H3,(H,21,22)/p-1. The number of hydrogen-bond donors (Lipinski definition) is 0. The molecule has 0 aliphatic carbocycles. The van der Waals surface area contributed by atoms with Crippen molar-refractivity contribution in [2.75, 3.05) is 13.7 Å². The highest BCUT2D eigenvalue weighted by atomic mass is 16.5. The highest BCUT2D eigenvalue weighted by molar-refractivity contribution is 5.96. The number of methoxy groups -OCH3 is 1. The number of carbonyl (C=O) groups excluding carboxylic acids is 1. The van der Waals surface area contributed by atoms with Gasteiger partial charge in [-0.3, -0.25) is 0 Å². The second-order valence-corrected chi connectivity index (χ2v) is 5.42. The molecule has 1 aromatic heterocycles. The maximum absolute atomic E-state index is 11.4. The van der Waals surface area contributed by atoms with Crippen molar-refractivity contribution in [2.24, 2.45) is 0 Å². The van der Waals surface area contributed by atoms with Crippen LogP contribution in [-0.2, 0) is 17.9 Å². The van der Waals surface area contributed by atoms with Gasteiger partial charge >= 0.3 is 0 Å². The van der Waals surface area contributed by atoms with Crippen LogP contribution in [0.25, 0.3) is 10.9 Å². The molecule has 5 heteroatoms. The van der Waals surface area contributed by atoms with Gasteiger partial charge in [0.15, 0.2) is 0 Å². The zero-order chi connectivity index (χ0) is 16.9. The fraction of sp³-hybridized carbons (Fsp3) is 0.211. The zero-order valence-electron chi connectivity index (χ0n) is 13.4. The largest absolute Gasteiger partial charge is 0.543 e. The molecule has 0 saturated carbocycles. The van der Waals surface area contributed by atoms with Crippen molar-refractivity contribution in [3.05, 3.63) is 65.9 Å². The van der Waals surface area contributed by atoms with E-state index in [9.17, 15) is 9.90 Å². The second kappa shape index (κ2) is 7.19. The van der Waals surface area contributed by atoms with E-state index in [2.05, 4.69) is 0 Å². The van der Waals surface area contributed by atoms with Gasteiger partial charge in [-0.1, -0.05) is 36.4 Å². The lowest BCUT2D eigenvalue weighted by Gasteiger charge is -2.11. The first kappa shape index (κ1) is 16.1. The second-order valence-electron chi connectivity index (χ2n) is 5.42. The van der Waals surface area contributed by atoms with Crippen LogP contribution >= 0.6 is 0 Å². The van der Waals surface area contributed by atoms with E-state index in [-0.39, 0.29) is 5.69 Å². The fourth-order valence-corrected chi connectivity index (χ4v) is 2.71. The molecule has 0 aliphatic rings. The molecule has 0 amide bonds. The number of nitrogens with zero attached hydrogens (tertiary/aromatic N) is 1. The number of aromatic nitrogens is 1. The molecule has 0 bridgehead atoms. The highest BCUT2D eigenvalue weighted by Crippen LogP contribution is 2.29. The number of rotatable bonds is 7. The average molecular weight is 324 g/mol. The Bertz CT molecular complexity index is 839. The Balaban J connectivity index is 1.95. The van der Waals surface area contributed by atoms with Crippen LogP contribution < -0.4 is 9.84 Å². The molecule has 0 atom stereocenters. The molecule has 1 heterocycles. The molecule has 0 N–H and O–H groups in total. The molecule has 0 spiro atoms. The van der Waals surface area contributed by atoms with Gasteiger partial charge in [0.25, 0.3) is 0 Å². The van der Waals surface area contributed by atoms with Gasteiger partial charge in [-0.25, -0.2) is 0 Å². The van der Waals surface area contributed by atoms with Gasteiger partial charge < -0.3 is 23.9 Å². The fourth-order valence-electron chi connectivity index (χ4n) is 2.71. The van der Waals surface area contributed by atoms with Crippen molar-refractivity contribution in [3.63, 3.8) is 0 Å². The summed E-state index contributed by atoms with van der Waals surface area (Å²) in [6.07, 6.45) is 0. The summed E-state index contributed by atoms with van der Waals surface area (Å²) in [5, 5.41) is 12.2. The molecule has 5 nitrogen and oxygen atoms in total. The first-order valence-electron chi connectivity index (χ1n) is 7.70. The van der Waals surface area contributed by atoms with Gasteiger partial charge in [-0.2, -0.15) is 0 Å². The van der Waals surface area contributed by atoms with E-state index in [4.69, 9.17) is 9.47 Å². The molecule has 0 aliphatic heterocycles. The van der Waals surface area contributed by atoms with Crippen LogP contribution in [0.5, 0.6) is 5.75 Å². The molecule has 24 heavy (non-hydrogen) atoms. The van der Waals surface area contributed by atoms with Crippen molar-refractivity contribution in [1.82, 2.24) is 4.57 Å². The predicted octanol–water partition coefficient (Wildman–Crippen LogP) is 2.23. The summed E-state index contributed by atoms with van der Waals surface area (Å²) in [5.41, 5.74) is 1.96. The Morgan fingerprint density at radius 1 is 1.12 bits per heavy atom. The lowest BCUT2D eigenvalue weighted by atomic mass is 10.2. The summed E-state index contributed by atoms with van der Waals surface area (Å²) >= 11 is 0. The molecule has 0 saturated heterocycles. The Kier molecular flexibility index (Phi) is 4.82. The lowest BCUT2D eigenvalue weighted by Crippen LogP contribution is -2.26. The van der Waals surface area contributed by atoms with Crippen molar-refractivity contribution < 1.29 is 19.4 Å². The van der Waals surface area contributed by atoms with Crippen LogP contribution in [0.3, 0.4) is 0 Å². The number of ether oxygens (including phenoxy) is 2. The van der Waals surface area contributed by atoms with Gasteiger partial charge in [-0.15, -0.1) is 0 Å². The minimum Gasteiger partial charge on any atom is -0.543 e. The Morgan fingerprint density at radius 3 is 2.62 bits per heavy atom. The van der Waals surface area contributed by atoms with E-state index < -0.39 is 5.97 Å². The van der Waals surface area contributed by atoms with Crippen molar-refractivity contribution >= 4 is 16.9 Å². The molecular formula is C19H18NO4-. The van der Waals surface area contributed by atoms with Crippen LogP contribution in [0, 0.1) is 0 Å². The normalized spacial score (nSPS) is 10.9. The number of carbonyl (C=O) groups is 1. The first-order valence-corrected chi connectivity index (χ1v) is 7.70. The van der Waals surface area contributed by atoms with E-state index in [1.165, 1.54) is 0 Å². The minimum atomic E-state index is -1.21. The van der Waals surface area contributed by atoms with E-state index in [0.29, 0.717) is 25.5 Å². The molecule has 0 unspecified atom stereocenters. The molecular weight excluding hydrogens is 306 g/mol. The number of fused-ring (bicyclic) bond motifs is 1. The molecule has 0 fully saturated rings.